The number of benzene rings is 1. The molecule has 1 fully saturated rings. The molecule has 1 aromatic rings. The van der Waals surface area contributed by atoms with E-state index in [9.17, 15) is 0 Å². The molecule has 0 radical (unpaired) electrons. The number of nitrogens with one attached hydrogen (secondary N) is 1. The molecule has 16 heavy (non-hydrogen) atoms. The second-order valence-corrected chi connectivity index (χ2v) is 5.73. The predicted molar refractivity (Wildman–Crippen MR) is 69.4 cm³/mol. The van der Waals surface area contributed by atoms with Crippen molar-refractivity contribution in [2.75, 3.05) is 0 Å². The molecule has 0 aromatic heterocycles. The minimum absolute atomic E-state index is 0.461. The summed E-state index contributed by atoms with van der Waals surface area (Å²) in [5.41, 5.74) is 1.86. The molecular weight excluding hydrogens is 194 g/mol. The van der Waals surface area contributed by atoms with Gasteiger partial charge in [-0.25, -0.2) is 0 Å². The Morgan fingerprint density at radius 1 is 1.25 bits per heavy atom. The first kappa shape index (κ1) is 11.7. The number of hydrogen-bond donors (Lipinski definition) is 1. The zero-order chi connectivity index (χ0) is 11.6. The van der Waals surface area contributed by atoms with E-state index in [0.29, 0.717) is 17.5 Å². The van der Waals surface area contributed by atoms with E-state index in [1.165, 1.54) is 24.8 Å². The molecule has 0 amide bonds. The molecule has 1 nitrogen and oxygen atoms in total. The summed E-state index contributed by atoms with van der Waals surface area (Å²) in [7, 11) is 0. The van der Waals surface area contributed by atoms with Crippen LogP contribution in [0.2, 0.25) is 0 Å². The summed E-state index contributed by atoms with van der Waals surface area (Å²) < 4.78 is 0. The number of rotatable bonds is 3. The molecular formula is C15H23N. The molecule has 1 N–H and O–H groups in total. The van der Waals surface area contributed by atoms with Crippen LogP contribution in [-0.2, 0) is 0 Å². The third kappa shape index (κ3) is 2.46. The van der Waals surface area contributed by atoms with Crippen molar-refractivity contribution in [1.82, 2.24) is 5.32 Å². The van der Waals surface area contributed by atoms with Gasteiger partial charge in [0.25, 0.3) is 0 Å². The minimum atomic E-state index is 0.461. The van der Waals surface area contributed by atoms with Crippen LogP contribution in [0.4, 0.5) is 0 Å². The second kappa shape index (κ2) is 4.58. The summed E-state index contributed by atoms with van der Waals surface area (Å²) in [6.45, 7) is 7.04. The van der Waals surface area contributed by atoms with E-state index >= 15 is 0 Å². The van der Waals surface area contributed by atoms with Gasteiger partial charge in [0.1, 0.15) is 0 Å². The third-order valence-corrected chi connectivity index (χ3v) is 4.01. The van der Waals surface area contributed by atoms with Gasteiger partial charge >= 0.3 is 0 Å². The van der Waals surface area contributed by atoms with Gasteiger partial charge in [-0.1, -0.05) is 50.6 Å². The highest BCUT2D eigenvalue weighted by molar-refractivity contribution is 5.18. The average molecular weight is 217 g/mol. The van der Waals surface area contributed by atoms with Gasteiger partial charge in [-0.3, -0.25) is 0 Å². The summed E-state index contributed by atoms with van der Waals surface area (Å²) >= 11 is 0. The van der Waals surface area contributed by atoms with Gasteiger partial charge in [-0.2, -0.15) is 0 Å². The van der Waals surface area contributed by atoms with E-state index in [2.05, 4.69) is 56.4 Å². The fraction of sp³-hybridized carbons (Fsp3) is 0.600. The Balaban J connectivity index is 2.00. The lowest BCUT2D eigenvalue weighted by atomic mass is 9.86. The summed E-state index contributed by atoms with van der Waals surface area (Å²) in [6, 6.07) is 11.9. The Morgan fingerprint density at radius 3 is 2.50 bits per heavy atom. The highest BCUT2D eigenvalue weighted by Gasteiger charge is 2.34. The van der Waals surface area contributed by atoms with Gasteiger partial charge in [0.2, 0.25) is 0 Å². The fourth-order valence-corrected chi connectivity index (χ4v) is 2.78. The van der Waals surface area contributed by atoms with Crippen molar-refractivity contribution in [3.63, 3.8) is 0 Å². The van der Waals surface area contributed by atoms with Crippen molar-refractivity contribution in [2.24, 2.45) is 5.41 Å². The molecule has 1 aromatic carbocycles. The predicted octanol–water partition coefficient (Wildman–Crippen LogP) is 3.92. The van der Waals surface area contributed by atoms with E-state index in [1.807, 2.05) is 0 Å². The molecule has 0 bridgehead atoms. The van der Waals surface area contributed by atoms with E-state index in [0.717, 1.165) is 0 Å². The fourth-order valence-electron chi connectivity index (χ4n) is 2.78. The quantitative estimate of drug-likeness (QED) is 0.809. The molecule has 2 rings (SSSR count). The Hall–Kier alpha value is -0.820. The van der Waals surface area contributed by atoms with Crippen molar-refractivity contribution >= 4 is 0 Å². The van der Waals surface area contributed by atoms with Crippen LogP contribution in [0.5, 0.6) is 0 Å². The van der Waals surface area contributed by atoms with Crippen molar-refractivity contribution in [2.45, 2.75) is 52.1 Å². The SMILES string of the molecule is C[C@H](NC1CCCC1(C)C)c1ccccc1. The van der Waals surface area contributed by atoms with E-state index in [1.54, 1.807) is 0 Å². The lowest BCUT2D eigenvalue weighted by Gasteiger charge is -2.31. The smallest absolute Gasteiger partial charge is 0.0294 e. The summed E-state index contributed by atoms with van der Waals surface area (Å²) in [5.74, 6) is 0. The topological polar surface area (TPSA) is 12.0 Å². The van der Waals surface area contributed by atoms with Gasteiger partial charge in [0, 0.05) is 12.1 Å². The molecule has 0 spiro atoms. The molecule has 1 aliphatic carbocycles. The van der Waals surface area contributed by atoms with E-state index in [4.69, 9.17) is 0 Å². The second-order valence-electron chi connectivity index (χ2n) is 5.73. The Bertz CT molecular complexity index is 329. The zero-order valence-corrected chi connectivity index (χ0v) is 10.7. The van der Waals surface area contributed by atoms with E-state index in [-0.39, 0.29) is 0 Å². The van der Waals surface area contributed by atoms with Crippen LogP contribution in [0.3, 0.4) is 0 Å². The zero-order valence-electron chi connectivity index (χ0n) is 10.7. The molecule has 1 saturated carbocycles. The maximum absolute atomic E-state index is 3.79. The maximum Gasteiger partial charge on any atom is 0.0294 e. The summed E-state index contributed by atoms with van der Waals surface area (Å²) in [6.07, 6.45) is 4.04. The number of hydrogen-bond acceptors (Lipinski definition) is 1. The Morgan fingerprint density at radius 2 is 1.94 bits per heavy atom. The van der Waals surface area contributed by atoms with Crippen LogP contribution < -0.4 is 5.32 Å². The van der Waals surface area contributed by atoms with Crippen molar-refractivity contribution in [3.05, 3.63) is 35.9 Å². The first-order chi connectivity index (χ1) is 7.59. The monoisotopic (exact) mass is 217 g/mol. The first-order valence-corrected chi connectivity index (χ1v) is 6.40. The summed E-state index contributed by atoms with van der Waals surface area (Å²) in [4.78, 5) is 0. The molecule has 0 saturated heterocycles. The van der Waals surface area contributed by atoms with E-state index < -0.39 is 0 Å². The highest BCUT2D eigenvalue weighted by Crippen LogP contribution is 2.38. The maximum atomic E-state index is 3.79. The Labute approximate surface area is 99.3 Å². The first-order valence-electron chi connectivity index (χ1n) is 6.40. The van der Waals surface area contributed by atoms with Crippen LogP contribution in [-0.4, -0.2) is 6.04 Å². The van der Waals surface area contributed by atoms with Gasteiger partial charge in [0.15, 0.2) is 0 Å². The average Bonchev–Trinajstić information content (AvgIpc) is 2.59. The largest absolute Gasteiger partial charge is 0.307 e. The van der Waals surface area contributed by atoms with Crippen LogP contribution in [0.15, 0.2) is 30.3 Å². The summed E-state index contributed by atoms with van der Waals surface area (Å²) in [5, 5.41) is 3.79. The molecule has 1 unspecified atom stereocenters. The highest BCUT2D eigenvalue weighted by atomic mass is 15.0. The van der Waals surface area contributed by atoms with Crippen LogP contribution in [0, 0.1) is 5.41 Å². The lowest BCUT2D eigenvalue weighted by Crippen LogP contribution is -2.39. The van der Waals surface area contributed by atoms with Crippen LogP contribution in [0.25, 0.3) is 0 Å². The van der Waals surface area contributed by atoms with Crippen molar-refractivity contribution < 1.29 is 0 Å². The van der Waals surface area contributed by atoms with Crippen LogP contribution in [0.1, 0.15) is 51.6 Å². The van der Waals surface area contributed by atoms with Gasteiger partial charge in [0.05, 0.1) is 0 Å². The molecule has 1 heteroatoms. The molecule has 0 aliphatic heterocycles. The molecule has 1 aliphatic rings. The van der Waals surface area contributed by atoms with Crippen LogP contribution >= 0.6 is 0 Å². The third-order valence-electron chi connectivity index (χ3n) is 4.01. The van der Waals surface area contributed by atoms with Crippen molar-refractivity contribution in [1.29, 1.82) is 0 Å². The molecule has 0 heterocycles. The Kier molecular flexibility index (Phi) is 3.34. The van der Waals surface area contributed by atoms with Gasteiger partial charge < -0.3 is 5.32 Å². The molecule has 88 valence electrons. The minimum Gasteiger partial charge on any atom is -0.307 e. The van der Waals surface area contributed by atoms with Gasteiger partial charge in [-0.15, -0.1) is 0 Å². The van der Waals surface area contributed by atoms with Gasteiger partial charge in [-0.05, 0) is 30.7 Å². The lowest BCUT2D eigenvalue weighted by molar-refractivity contribution is 0.266. The normalized spacial score (nSPS) is 25.6. The standard InChI is InChI=1S/C15H23N/c1-12(13-8-5-4-6-9-13)16-14-10-7-11-15(14,2)3/h4-6,8-9,12,14,16H,7,10-11H2,1-3H3/t12-,14?/m0/s1. The van der Waals surface area contributed by atoms with Crippen molar-refractivity contribution in [3.8, 4) is 0 Å². The molecule has 2 atom stereocenters.